The van der Waals surface area contributed by atoms with Gasteiger partial charge in [-0.3, -0.25) is 0 Å². The van der Waals surface area contributed by atoms with E-state index in [9.17, 15) is 0 Å². The van der Waals surface area contributed by atoms with Crippen molar-refractivity contribution in [2.45, 2.75) is 25.8 Å². The van der Waals surface area contributed by atoms with Crippen molar-refractivity contribution in [1.29, 1.82) is 0 Å². The standard InChI is InChI=1S/C30H34N2O5/c1-6-11-21-14-15-25(26(18-21)33-2)37-17-10-9-16-32-24-13-8-7-12-23(24)31-30(32)22-19-27(34-3)29(36-5)28(20-22)35-4/h6-8,12-15,18-20H,1,9-11,16-17H2,2-5H3. The van der Waals surface area contributed by atoms with Gasteiger partial charge in [-0.25, -0.2) is 4.98 Å². The van der Waals surface area contributed by atoms with E-state index in [1.165, 1.54) is 0 Å². The fourth-order valence-corrected chi connectivity index (χ4v) is 4.41. The van der Waals surface area contributed by atoms with Crippen LogP contribution >= 0.6 is 0 Å². The van der Waals surface area contributed by atoms with Crippen molar-refractivity contribution in [3.8, 4) is 40.1 Å². The predicted molar refractivity (Wildman–Crippen MR) is 146 cm³/mol. The van der Waals surface area contributed by atoms with Crippen LogP contribution in [0.2, 0.25) is 0 Å². The minimum atomic E-state index is 0.557. The Kier molecular flexibility index (Phi) is 8.56. The number of unbranched alkanes of at least 4 members (excludes halogenated alkanes) is 1. The van der Waals surface area contributed by atoms with E-state index in [0.29, 0.717) is 23.9 Å². The van der Waals surface area contributed by atoms with E-state index >= 15 is 0 Å². The van der Waals surface area contributed by atoms with Crippen LogP contribution in [0.3, 0.4) is 0 Å². The summed E-state index contributed by atoms with van der Waals surface area (Å²) < 4.78 is 30.4. The van der Waals surface area contributed by atoms with Gasteiger partial charge in [-0.1, -0.05) is 24.3 Å². The van der Waals surface area contributed by atoms with Gasteiger partial charge in [0.25, 0.3) is 0 Å². The molecule has 1 aromatic heterocycles. The number of nitrogens with zero attached hydrogens (tertiary/aromatic N) is 2. The highest BCUT2D eigenvalue weighted by atomic mass is 16.5. The van der Waals surface area contributed by atoms with Crippen molar-refractivity contribution in [3.63, 3.8) is 0 Å². The van der Waals surface area contributed by atoms with Crippen LogP contribution in [0, 0.1) is 0 Å². The van der Waals surface area contributed by atoms with E-state index in [1.807, 2.05) is 54.6 Å². The van der Waals surface area contributed by atoms with Gasteiger partial charge in [-0.05, 0) is 61.2 Å². The number of hydrogen-bond donors (Lipinski definition) is 0. The summed E-state index contributed by atoms with van der Waals surface area (Å²) in [4.78, 5) is 4.94. The molecule has 0 N–H and O–H groups in total. The Morgan fingerprint density at radius 1 is 0.811 bits per heavy atom. The summed E-state index contributed by atoms with van der Waals surface area (Å²) in [6.45, 7) is 5.17. The lowest BCUT2D eigenvalue weighted by Crippen LogP contribution is -2.05. The Labute approximate surface area is 218 Å². The molecule has 0 aliphatic rings. The van der Waals surface area contributed by atoms with E-state index < -0.39 is 0 Å². The molecule has 0 unspecified atom stereocenters. The Balaban J connectivity index is 1.52. The first-order valence-corrected chi connectivity index (χ1v) is 12.3. The molecule has 0 saturated carbocycles. The van der Waals surface area contributed by atoms with Gasteiger partial charge in [0.1, 0.15) is 5.82 Å². The topological polar surface area (TPSA) is 64.0 Å². The van der Waals surface area contributed by atoms with Crippen LogP contribution in [-0.2, 0) is 13.0 Å². The number of rotatable bonds is 13. The van der Waals surface area contributed by atoms with Crippen molar-refractivity contribution in [2.75, 3.05) is 35.0 Å². The van der Waals surface area contributed by atoms with Crippen LogP contribution in [0.1, 0.15) is 18.4 Å². The zero-order valence-electron chi connectivity index (χ0n) is 22.0. The third-order valence-corrected chi connectivity index (χ3v) is 6.22. The van der Waals surface area contributed by atoms with E-state index in [0.717, 1.165) is 65.3 Å². The zero-order chi connectivity index (χ0) is 26.2. The van der Waals surface area contributed by atoms with Crippen LogP contribution in [0.5, 0.6) is 28.7 Å². The summed E-state index contributed by atoms with van der Waals surface area (Å²) >= 11 is 0. The predicted octanol–water partition coefficient (Wildman–Crippen LogP) is 6.33. The normalized spacial score (nSPS) is 10.8. The number of para-hydroxylation sites is 2. The molecule has 0 fully saturated rings. The van der Waals surface area contributed by atoms with E-state index in [1.54, 1.807) is 28.4 Å². The molecule has 4 rings (SSSR count). The molecule has 7 nitrogen and oxygen atoms in total. The fourth-order valence-electron chi connectivity index (χ4n) is 4.41. The Hall–Kier alpha value is -4.13. The molecular weight excluding hydrogens is 468 g/mol. The first-order valence-electron chi connectivity index (χ1n) is 12.3. The second-order valence-corrected chi connectivity index (χ2v) is 8.52. The van der Waals surface area contributed by atoms with E-state index in [4.69, 9.17) is 28.7 Å². The molecule has 0 aliphatic carbocycles. The van der Waals surface area contributed by atoms with Crippen molar-refractivity contribution >= 4 is 11.0 Å². The smallest absolute Gasteiger partial charge is 0.203 e. The highest BCUT2D eigenvalue weighted by Gasteiger charge is 2.19. The summed E-state index contributed by atoms with van der Waals surface area (Å²) in [5, 5.41) is 0. The summed E-state index contributed by atoms with van der Waals surface area (Å²) in [5.74, 6) is 4.09. The summed E-state index contributed by atoms with van der Waals surface area (Å²) in [5.41, 5.74) is 4.05. The molecule has 1 heterocycles. The molecule has 7 heteroatoms. The number of aryl methyl sites for hydroxylation is 1. The van der Waals surface area contributed by atoms with E-state index in [-0.39, 0.29) is 0 Å². The summed E-state index contributed by atoms with van der Waals surface area (Å²) in [6, 6.07) is 18.0. The molecule has 0 spiro atoms. The number of aromatic nitrogens is 2. The van der Waals surface area contributed by atoms with Crippen LogP contribution in [0.4, 0.5) is 0 Å². The average Bonchev–Trinajstić information content (AvgIpc) is 3.31. The molecule has 4 aromatic rings. The van der Waals surface area contributed by atoms with Crippen LogP contribution in [-0.4, -0.2) is 44.6 Å². The molecule has 0 aliphatic heterocycles. The Morgan fingerprint density at radius 3 is 2.22 bits per heavy atom. The molecule has 0 bridgehead atoms. The van der Waals surface area contributed by atoms with Crippen molar-refractivity contribution < 1.29 is 23.7 Å². The second-order valence-electron chi connectivity index (χ2n) is 8.52. The maximum absolute atomic E-state index is 6.05. The number of ether oxygens (including phenoxy) is 5. The van der Waals surface area contributed by atoms with Crippen molar-refractivity contribution in [3.05, 3.63) is 72.8 Å². The monoisotopic (exact) mass is 502 g/mol. The number of allylic oxidation sites excluding steroid dienone is 1. The van der Waals surface area contributed by atoms with Crippen LogP contribution in [0.15, 0.2) is 67.3 Å². The zero-order valence-corrected chi connectivity index (χ0v) is 22.0. The minimum absolute atomic E-state index is 0.557. The number of methoxy groups -OCH3 is 4. The van der Waals surface area contributed by atoms with Gasteiger partial charge >= 0.3 is 0 Å². The quantitative estimate of drug-likeness (QED) is 0.157. The molecule has 0 radical (unpaired) electrons. The number of hydrogen-bond acceptors (Lipinski definition) is 6. The van der Waals surface area contributed by atoms with Crippen molar-refractivity contribution in [2.24, 2.45) is 0 Å². The highest BCUT2D eigenvalue weighted by molar-refractivity contribution is 5.81. The molecule has 0 saturated heterocycles. The van der Waals surface area contributed by atoms with Gasteiger partial charge in [0, 0.05) is 12.1 Å². The molecule has 0 atom stereocenters. The third-order valence-electron chi connectivity index (χ3n) is 6.22. The van der Waals surface area contributed by atoms with Gasteiger partial charge in [0.05, 0.1) is 46.1 Å². The molecule has 194 valence electrons. The minimum Gasteiger partial charge on any atom is -0.493 e. The van der Waals surface area contributed by atoms with Crippen molar-refractivity contribution in [1.82, 2.24) is 9.55 Å². The molecular formula is C30H34N2O5. The Morgan fingerprint density at radius 2 is 1.54 bits per heavy atom. The van der Waals surface area contributed by atoms with E-state index in [2.05, 4.69) is 17.2 Å². The van der Waals surface area contributed by atoms with Gasteiger partial charge < -0.3 is 28.3 Å². The summed E-state index contributed by atoms with van der Waals surface area (Å²) in [6.07, 6.45) is 4.46. The van der Waals surface area contributed by atoms with Crippen LogP contribution < -0.4 is 23.7 Å². The Bertz CT molecular complexity index is 1340. The maximum atomic E-state index is 6.05. The van der Waals surface area contributed by atoms with Gasteiger partial charge in [0.15, 0.2) is 23.0 Å². The lowest BCUT2D eigenvalue weighted by Gasteiger charge is -2.15. The second kappa shape index (κ2) is 12.2. The lowest BCUT2D eigenvalue weighted by atomic mass is 10.1. The van der Waals surface area contributed by atoms with Gasteiger partial charge in [-0.15, -0.1) is 6.58 Å². The van der Waals surface area contributed by atoms with Gasteiger partial charge in [-0.2, -0.15) is 0 Å². The highest BCUT2D eigenvalue weighted by Crippen LogP contribution is 2.41. The lowest BCUT2D eigenvalue weighted by molar-refractivity contribution is 0.284. The summed E-state index contributed by atoms with van der Waals surface area (Å²) in [7, 11) is 6.50. The number of imidazole rings is 1. The molecule has 37 heavy (non-hydrogen) atoms. The average molecular weight is 503 g/mol. The number of fused-ring (bicyclic) bond motifs is 1. The fraction of sp³-hybridized carbons (Fsp3) is 0.300. The molecule has 0 amide bonds. The molecule has 3 aromatic carbocycles. The van der Waals surface area contributed by atoms with Gasteiger partial charge in [0.2, 0.25) is 5.75 Å². The number of benzene rings is 3. The first kappa shape index (κ1) is 25.9. The maximum Gasteiger partial charge on any atom is 0.203 e. The first-order chi connectivity index (χ1) is 18.1. The third kappa shape index (κ3) is 5.66. The largest absolute Gasteiger partial charge is 0.493 e. The SMILES string of the molecule is C=CCc1ccc(OCCCCn2c(-c3cc(OC)c(OC)c(OC)c3)nc3ccccc32)c(OC)c1. The van der Waals surface area contributed by atoms with Crippen LogP contribution in [0.25, 0.3) is 22.4 Å².